The Kier molecular flexibility index (Phi) is 8.92. The van der Waals surface area contributed by atoms with E-state index in [1.54, 1.807) is 0 Å². The Morgan fingerprint density at radius 1 is 1.04 bits per heavy atom. The summed E-state index contributed by atoms with van der Waals surface area (Å²) in [6, 6.07) is 17.4. The summed E-state index contributed by atoms with van der Waals surface area (Å²) in [5.74, 6) is 0.573. The minimum absolute atomic E-state index is 0. The Morgan fingerprint density at radius 2 is 1.70 bits per heavy atom. The molecule has 1 saturated heterocycles. The Morgan fingerprint density at radius 3 is 2.41 bits per heavy atom. The molecular weight excluding hydrogens is 383 g/mol. The number of rotatable bonds is 7. The van der Waals surface area contributed by atoms with Crippen LogP contribution in [-0.2, 0) is 4.79 Å². The van der Waals surface area contributed by atoms with Crippen molar-refractivity contribution in [2.24, 2.45) is 0 Å². The van der Waals surface area contributed by atoms with Gasteiger partial charge >= 0.3 is 0 Å². The van der Waals surface area contributed by atoms with Crippen LogP contribution in [0.25, 0.3) is 0 Å². The van der Waals surface area contributed by atoms with Crippen LogP contribution in [0.2, 0.25) is 5.02 Å². The number of para-hydroxylation sites is 1. The molecule has 2 aromatic carbocycles. The molecule has 0 bridgehead atoms. The second-order valence-corrected chi connectivity index (χ2v) is 6.95. The molecule has 27 heavy (non-hydrogen) atoms. The van der Waals surface area contributed by atoms with Gasteiger partial charge in [0.2, 0.25) is 0 Å². The molecule has 6 heteroatoms. The van der Waals surface area contributed by atoms with E-state index in [1.165, 1.54) is 19.3 Å². The van der Waals surface area contributed by atoms with Gasteiger partial charge in [-0.3, -0.25) is 9.69 Å². The predicted molar refractivity (Wildman–Crippen MR) is 112 cm³/mol. The van der Waals surface area contributed by atoms with Gasteiger partial charge in [-0.2, -0.15) is 0 Å². The Labute approximate surface area is 172 Å². The molecule has 0 aliphatic carbocycles. The number of carbonyl (C=O) groups excluding carboxylic acids is 1. The fraction of sp³-hybridized carbons (Fsp3) is 0.381. The fourth-order valence-corrected chi connectivity index (χ4v) is 3.60. The van der Waals surface area contributed by atoms with Crippen LogP contribution < -0.4 is 10.1 Å². The Bertz CT molecular complexity index is 706. The maximum Gasteiger partial charge on any atom is 0.258 e. The van der Waals surface area contributed by atoms with Gasteiger partial charge in [0.05, 0.1) is 6.04 Å². The molecule has 2 aromatic rings. The van der Waals surface area contributed by atoms with Crippen molar-refractivity contribution in [3.05, 3.63) is 65.2 Å². The molecule has 1 aliphatic rings. The molecule has 0 aromatic heterocycles. The van der Waals surface area contributed by atoms with Gasteiger partial charge in [0.15, 0.2) is 6.61 Å². The van der Waals surface area contributed by atoms with Crippen LogP contribution in [0, 0.1) is 0 Å². The van der Waals surface area contributed by atoms with Crippen molar-refractivity contribution in [1.82, 2.24) is 10.2 Å². The van der Waals surface area contributed by atoms with Crippen molar-refractivity contribution in [3.63, 3.8) is 0 Å². The van der Waals surface area contributed by atoms with Gasteiger partial charge < -0.3 is 10.1 Å². The lowest BCUT2D eigenvalue weighted by atomic mass is 10.0. The first-order valence-electron chi connectivity index (χ1n) is 9.17. The largest absolute Gasteiger partial charge is 0.484 e. The molecule has 1 N–H and O–H groups in total. The lowest BCUT2D eigenvalue weighted by Gasteiger charge is -2.35. The van der Waals surface area contributed by atoms with Gasteiger partial charge in [0.25, 0.3) is 5.91 Å². The molecule has 0 spiro atoms. The van der Waals surface area contributed by atoms with Crippen LogP contribution in [-0.4, -0.2) is 37.0 Å². The van der Waals surface area contributed by atoms with Gasteiger partial charge in [0.1, 0.15) is 5.75 Å². The molecule has 0 saturated carbocycles. The quantitative estimate of drug-likeness (QED) is 0.733. The van der Waals surface area contributed by atoms with E-state index in [-0.39, 0.29) is 31.0 Å². The lowest BCUT2D eigenvalue weighted by Crippen LogP contribution is -2.41. The van der Waals surface area contributed by atoms with Crippen molar-refractivity contribution >= 4 is 29.9 Å². The number of likely N-dealkylation sites (tertiary alicyclic amines) is 1. The van der Waals surface area contributed by atoms with Crippen LogP contribution in [0.15, 0.2) is 54.6 Å². The summed E-state index contributed by atoms with van der Waals surface area (Å²) in [6.45, 7) is 2.61. The van der Waals surface area contributed by atoms with Gasteiger partial charge in [-0.05, 0) is 49.7 Å². The van der Waals surface area contributed by atoms with Crippen molar-refractivity contribution in [2.75, 3.05) is 26.2 Å². The molecule has 1 heterocycles. The van der Waals surface area contributed by atoms with Crippen molar-refractivity contribution < 1.29 is 9.53 Å². The number of halogens is 2. The van der Waals surface area contributed by atoms with Crippen LogP contribution in [0.4, 0.5) is 0 Å². The van der Waals surface area contributed by atoms with E-state index < -0.39 is 0 Å². The van der Waals surface area contributed by atoms with Crippen LogP contribution in [0.1, 0.15) is 30.9 Å². The molecule has 146 valence electrons. The summed E-state index contributed by atoms with van der Waals surface area (Å²) in [4.78, 5) is 14.7. The summed E-state index contributed by atoms with van der Waals surface area (Å²) in [5, 5.41) is 3.76. The van der Waals surface area contributed by atoms with E-state index in [2.05, 4.69) is 10.2 Å². The van der Waals surface area contributed by atoms with E-state index >= 15 is 0 Å². The number of carbonyl (C=O) groups is 1. The van der Waals surface area contributed by atoms with E-state index in [0.717, 1.165) is 23.7 Å². The van der Waals surface area contributed by atoms with Gasteiger partial charge in [-0.15, -0.1) is 12.4 Å². The molecular formula is C21H26Cl2N2O2. The van der Waals surface area contributed by atoms with E-state index in [0.29, 0.717) is 12.3 Å². The first-order valence-corrected chi connectivity index (χ1v) is 9.55. The van der Waals surface area contributed by atoms with Crippen LogP contribution in [0.5, 0.6) is 5.75 Å². The molecule has 1 atom stereocenters. The number of nitrogens with one attached hydrogen (secondary N) is 1. The smallest absolute Gasteiger partial charge is 0.258 e. The van der Waals surface area contributed by atoms with E-state index in [1.807, 2.05) is 54.6 Å². The number of piperidine rings is 1. The molecule has 0 radical (unpaired) electrons. The number of nitrogens with zero attached hydrogens (tertiary/aromatic N) is 1. The maximum absolute atomic E-state index is 12.2. The lowest BCUT2D eigenvalue weighted by molar-refractivity contribution is -0.123. The SMILES string of the molecule is Cl.O=C(COc1ccccc1)NCC(c1ccccc1Cl)N1CCCCC1. The summed E-state index contributed by atoms with van der Waals surface area (Å²) in [6.07, 6.45) is 3.64. The van der Waals surface area contributed by atoms with E-state index in [9.17, 15) is 4.79 Å². The fourth-order valence-electron chi connectivity index (χ4n) is 3.34. The number of hydrogen-bond donors (Lipinski definition) is 1. The highest BCUT2D eigenvalue weighted by Gasteiger charge is 2.24. The zero-order chi connectivity index (χ0) is 18.2. The van der Waals surface area contributed by atoms with Gasteiger partial charge in [0, 0.05) is 11.6 Å². The highest BCUT2D eigenvalue weighted by molar-refractivity contribution is 6.31. The average Bonchev–Trinajstić information content (AvgIpc) is 2.69. The average molecular weight is 409 g/mol. The topological polar surface area (TPSA) is 41.6 Å². The number of hydrogen-bond acceptors (Lipinski definition) is 3. The van der Waals surface area contributed by atoms with Crippen molar-refractivity contribution in [3.8, 4) is 5.75 Å². The summed E-state index contributed by atoms with van der Waals surface area (Å²) >= 11 is 6.43. The van der Waals surface area contributed by atoms with Gasteiger partial charge in [-0.1, -0.05) is 54.4 Å². The number of ether oxygens (including phenoxy) is 1. The summed E-state index contributed by atoms with van der Waals surface area (Å²) in [5.41, 5.74) is 1.07. The summed E-state index contributed by atoms with van der Waals surface area (Å²) < 4.78 is 5.52. The highest BCUT2D eigenvalue weighted by atomic mass is 35.5. The first kappa shape index (κ1) is 21.5. The molecule has 4 nitrogen and oxygen atoms in total. The first-order chi connectivity index (χ1) is 12.7. The second kappa shape index (κ2) is 11.2. The van der Waals surface area contributed by atoms with Gasteiger partial charge in [-0.25, -0.2) is 0 Å². The monoisotopic (exact) mass is 408 g/mol. The predicted octanol–water partition coefficient (Wildman–Crippen LogP) is 4.48. The Balaban J connectivity index is 0.00000261. The third-order valence-electron chi connectivity index (χ3n) is 4.70. The van der Waals surface area contributed by atoms with Crippen LogP contribution in [0.3, 0.4) is 0 Å². The third kappa shape index (κ3) is 6.42. The zero-order valence-corrected chi connectivity index (χ0v) is 16.8. The molecule has 1 aliphatic heterocycles. The van der Waals surface area contributed by atoms with Crippen molar-refractivity contribution in [1.29, 1.82) is 0 Å². The molecule has 1 amide bonds. The molecule has 1 fully saturated rings. The minimum atomic E-state index is -0.122. The molecule has 3 rings (SSSR count). The third-order valence-corrected chi connectivity index (χ3v) is 5.05. The Hall–Kier alpha value is -1.75. The zero-order valence-electron chi connectivity index (χ0n) is 15.3. The standard InChI is InChI=1S/C21H25ClN2O2.ClH/c22-19-12-6-5-11-18(19)20(24-13-7-2-8-14-24)15-23-21(25)16-26-17-9-3-1-4-10-17;/h1,3-6,9-12,20H,2,7-8,13-16H2,(H,23,25);1H. The van der Waals surface area contributed by atoms with Crippen LogP contribution >= 0.6 is 24.0 Å². The highest BCUT2D eigenvalue weighted by Crippen LogP contribution is 2.29. The second-order valence-electron chi connectivity index (χ2n) is 6.54. The number of benzene rings is 2. The number of amides is 1. The van der Waals surface area contributed by atoms with Crippen molar-refractivity contribution in [2.45, 2.75) is 25.3 Å². The van der Waals surface area contributed by atoms with E-state index in [4.69, 9.17) is 16.3 Å². The maximum atomic E-state index is 12.2. The summed E-state index contributed by atoms with van der Waals surface area (Å²) in [7, 11) is 0. The minimum Gasteiger partial charge on any atom is -0.484 e. The molecule has 1 unspecified atom stereocenters. The normalized spacial score (nSPS) is 15.4.